The standard InChI is InChI=1S/C27H28ClF4N3O3S/c1-38-17-2-3-23-18(14-17)24(19(28)15-33-23)20(30)4-5-27(26(36)34-37)6-8-35(9-7-27)10-11-39-25-21(31)12-16(29)13-22(25)32/h2-3,12-15,20,37H,4-11H2,1H3,(H,34,36)/t20-/m1/s1. The van der Waals surface area contributed by atoms with Crippen molar-refractivity contribution in [2.45, 2.75) is 36.8 Å². The number of rotatable bonds is 10. The maximum atomic E-state index is 15.7. The van der Waals surface area contributed by atoms with Crippen molar-refractivity contribution in [1.82, 2.24) is 15.4 Å². The number of ether oxygens (including phenoxy) is 1. The number of pyridine rings is 1. The predicted molar refractivity (Wildman–Crippen MR) is 141 cm³/mol. The Labute approximate surface area is 232 Å². The van der Waals surface area contributed by atoms with Gasteiger partial charge in [-0.15, -0.1) is 11.8 Å². The van der Waals surface area contributed by atoms with Crippen molar-refractivity contribution in [1.29, 1.82) is 0 Å². The second-order valence-electron chi connectivity index (χ2n) is 9.52. The molecule has 39 heavy (non-hydrogen) atoms. The quantitative estimate of drug-likeness (QED) is 0.123. The SMILES string of the molecule is COc1ccc2ncc(Cl)c([C@H](F)CCC3(C(=O)NO)CCN(CCSc4c(F)cc(F)cc4F)CC3)c2c1. The van der Waals surface area contributed by atoms with Gasteiger partial charge in [-0.05, 0) is 57.0 Å². The van der Waals surface area contributed by atoms with Gasteiger partial charge in [0.05, 0.1) is 28.0 Å². The van der Waals surface area contributed by atoms with E-state index in [1.54, 1.807) is 23.7 Å². The number of benzene rings is 2. The van der Waals surface area contributed by atoms with Crippen molar-refractivity contribution < 1.29 is 32.3 Å². The van der Waals surface area contributed by atoms with Crippen LogP contribution in [0.4, 0.5) is 17.6 Å². The lowest BCUT2D eigenvalue weighted by atomic mass is 9.73. The Balaban J connectivity index is 1.40. The van der Waals surface area contributed by atoms with Gasteiger partial charge in [-0.3, -0.25) is 15.0 Å². The number of alkyl halides is 1. The van der Waals surface area contributed by atoms with Gasteiger partial charge in [0.2, 0.25) is 5.91 Å². The smallest absolute Gasteiger partial charge is 0.249 e. The van der Waals surface area contributed by atoms with E-state index in [0.29, 0.717) is 67.0 Å². The van der Waals surface area contributed by atoms with Gasteiger partial charge in [0, 0.05) is 41.6 Å². The van der Waals surface area contributed by atoms with Crippen molar-refractivity contribution in [2.75, 3.05) is 32.5 Å². The summed E-state index contributed by atoms with van der Waals surface area (Å²) in [7, 11) is 1.51. The topological polar surface area (TPSA) is 74.7 Å². The molecule has 2 N–H and O–H groups in total. The summed E-state index contributed by atoms with van der Waals surface area (Å²) >= 11 is 7.29. The first-order valence-electron chi connectivity index (χ1n) is 12.4. The van der Waals surface area contributed by atoms with Gasteiger partial charge in [0.25, 0.3) is 0 Å². The van der Waals surface area contributed by atoms with E-state index in [1.165, 1.54) is 13.3 Å². The Morgan fingerprint density at radius 3 is 2.56 bits per heavy atom. The zero-order valence-corrected chi connectivity index (χ0v) is 22.7. The summed E-state index contributed by atoms with van der Waals surface area (Å²) < 4.78 is 61.9. The number of methoxy groups -OCH3 is 1. The van der Waals surface area contributed by atoms with Gasteiger partial charge in [-0.2, -0.15) is 0 Å². The highest BCUT2D eigenvalue weighted by Gasteiger charge is 2.41. The number of piperidine rings is 1. The molecule has 0 bridgehead atoms. The molecule has 1 atom stereocenters. The van der Waals surface area contributed by atoms with E-state index >= 15 is 4.39 Å². The summed E-state index contributed by atoms with van der Waals surface area (Å²) in [6.45, 7) is 1.41. The van der Waals surface area contributed by atoms with Crippen LogP contribution < -0.4 is 10.2 Å². The number of carbonyl (C=O) groups excluding carboxylic acids is 1. The number of hydrogen-bond donors (Lipinski definition) is 2. The fraction of sp³-hybridized carbons (Fsp3) is 0.407. The molecular formula is C27H28ClF4N3O3S. The lowest BCUT2D eigenvalue weighted by molar-refractivity contribution is -0.143. The van der Waals surface area contributed by atoms with Crippen LogP contribution >= 0.6 is 23.4 Å². The molecule has 1 fully saturated rings. The molecule has 1 aromatic heterocycles. The summed E-state index contributed by atoms with van der Waals surface area (Å²) in [5, 5.41) is 10.1. The molecule has 2 aromatic carbocycles. The van der Waals surface area contributed by atoms with E-state index in [2.05, 4.69) is 4.98 Å². The summed E-state index contributed by atoms with van der Waals surface area (Å²) in [5.74, 6) is -2.56. The van der Waals surface area contributed by atoms with Crippen LogP contribution in [0.1, 0.15) is 37.4 Å². The van der Waals surface area contributed by atoms with Crippen molar-refractivity contribution in [3.05, 3.63) is 64.6 Å². The minimum absolute atomic E-state index is 0.0115. The Hall–Kier alpha value is -2.60. The number of likely N-dealkylation sites (tertiary alicyclic amines) is 1. The third-order valence-electron chi connectivity index (χ3n) is 7.27. The Kier molecular flexibility index (Phi) is 9.58. The van der Waals surface area contributed by atoms with Gasteiger partial charge < -0.3 is 9.64 Å². The lowest BCUT2D eigenvalue weighted by Crippen LogP contribution is -2.48. The molecule has 0 saturated carbocycles. The molecule has 6 nitrogen and oxygen atoms in total. The zero-order valence-electron chi connectivity index (χ0n) is 21.2. The summed E-state index contributed by atoms with van der Waals surface area (Å²) in [5.41, 5.74) is 1.58. The second-order valence-corrected chi connectivity index (χ2v) is 11.0. The number of hydrogen-bond acceptors (Lipinski definition) is 6. The highest BCUT2D eigenvalue weighted by atomic mass is 35.5. The highest BCUT2D eigenvalue weighted by Crippen LogP contribution is 2.42. The van der Waals surface area contributed by atoms with Gasteiger partial charge >= 0.3 is 0 Å². The van der Waals surface area contributed by atoms with Gasteiger partial charge in [-0.1, -0.05) is 11.6 Å². The number of fused-ring (bicyclic) bond motifs is 1. The monoisotopic (exact) mass is 585 g/mol. The minimum Gasteiger partial charge on any atom is -0.497 e. The first-order chi connectivity index (χ1) is 18.7. The van der Waals surface area contributed by atoms with Crippen LogP contribution in [0.5, 0.6) is 5.75 Å². The van der Waals surface area contributed by atoms with Crippen LogP contribution in [0.2, 0.25) is 5.02 Å². The predicted octanol–water partition coefficient (Wildman–Crippen LogP) is 6.48. The molecule has 2 heterocycles. The molecule has 0 unspecified atom stereocenters. The highest BCUT2D eigenvalue weighted by molar-refractivity contribution is 7.99. The molecule has 4 rings (SSSR count). The summed E-state index contributed by atoms with van der Waals surface area (Å²) in [6.07, 6.45) is 0.771. The Morgan fingerprint density at radius 2 is 1.92 bits per heavy atom. The van der Waals surface area contributed by atoms with Gasteiger partial charge in [0.15, 0.2) is 0 Å². The van der Waals surface area contributed by atoms with E-state index in [-0.39, 0.29) is 28.3 Å². The minimum atomic E-state index is -1.49. The molecule has 1 aliphatic heterocycles. The van der Waals surface area contributed by atoms with Crippen LogP contribution in [-0.4, -0.2) is 53.5 Å². The number of nitrogens with one attached hydrogen (secondary N) is 1. The molecule has 1 amide bonds. The maximum absolute atomic E-state index is 15.7. The van der Waals surface area contributed by atoms with E-state index in [1.807, 2.05) is 4.90 Å². The second kappa shape index (κ2) is 12.7. The largest absolute Gasteiger partial charge is 0.497 e. The molecule has 210 valence electrons. The van der Waals surface area contributed by atoms with Gasteiger partial charge in [0.1, 0.15) is 29.4 Å². The first kappa shape index (κ1) is 29.4. The maximum Gasteiger partial charge on any atom is 0.249 e. The number of amides is 1. The van der Waals surface area contributed by atoms with Crippen LogP contribution in [0.15, 0.2) is 41.4 Å². The molecule has 1 saturated heterocycles. The molecule has 0 spiro atoms. The number of halogens is 5. The van der Waals surface area contributed by atoms with E-state index in [9.17, 15) is 23.2 Å². The van der Waals surface area contributed by atoms with Crippen LogP contribution in [0.25, 0.3) is 10.9 Å². The van der Waals surface area contributed by atoms with Crippen LogP contribution in [-0.2, 0) is 4.79 Å². The van der Waals surface area contributed by atoms with Crippen molar-refractivity contribution in [2.24, 2.45) is 5.41 Å². The third kappa shape index (κ3) is 6.59. The molecular weight excluding hydrogens is 558 g/mol. The van der Waals surface area contributed by atoms with E-state index < -0.39 is 34.9 Å². The Morgan fingerprint density at radius 1 is 1.23 bits per heavy atom. The van der Waals surface area contributed by atoms with Crippen molar-refractivity contribution in [3.8, 4) is 5.75 Å². The summed E-state index contributed by atoms with van der Waals surface area (Å²) in [4.78, 5) is 18.8. The summed E-state index contributed by atoms with van der Waals surface area (Å²) in [6, 6.07) is 6.40. The molecule has 1 aliphatic rings. The number of carbonyl (C=O) groups is 1. The normalized spacial score (nSPS) is 16.3. The fourth-order valence-corrected chi connectivity index (χ4v) is 6.23. The Bertz CT molecular complexity index is 1320. The van der Waals surface area contributed by atoms with Crippen molar-refractivity contribution in [3.63, 3.8) is 0 Å². The van der Waals surface area contributed by atoms with E-state index in [0.717, 1.165) is 11.8 Å². The van der Waals surface area contributed by atoms with Crippen molar-refractivity contribution >= 4 is 40.2 Å². The number of hydroxylamine groups is 1. The fourth-order valence-electron chi connectivity index (χ4n) is 5.02. The average molecular weight is 586 g/mol. The van der Waals surface area contributed by atoms with Gasteiger partial charge in [-0.25, -0.2) is 23.0 Å². The number of aromatic nitrogens is 1. The number of nitrogens with zero attached hydrogens (tertiary/aromatic N) is 2. The molecule has 0 aliphatic carbocycles. The lowest BCUT2D eigenvalue weighted by Gasteiger charge is -2.40. The van der Waals surface area contributed by atoms with Crippen LogP contribution in [0.3, 0.4) is 0 Å². The van der Waals surface area contributed by atoms with E-state index in [4.69, 9.17) is 16.3 Å². The average Bonchev–Trinajstić information content (AvgIpc) is 2.93. The van der Waals surface area contributed by atoms with Crippen LogP contribution in [0, 0.1) is 22.9 Å². The first-order valence-corrected chi connectivity index (χ1v) is 13.7. The molecule has 12 heteroatoms. The molecule has 0 radical (unpaired) electrons. The molecule has 3 aromatic rings. The number of thioether (sulfide) groups is 1. The zero-order chi connectivity index (χ0) is 28.2. The third-order valence-corrected chi connectivity index (χ3v) is 8.64.